The van der Waals surface area contributed by atoms with Crippen LogP contribution < -0.4 is 4.90 Å². The lowest BCUT2D eigenvalue weighted by molar-refractivity contribution is -0.222. The highest BCUT2D eigenvalue weighted by Gasteiger charge is 2.48. The van der Waals surface area contributed by atoms with Crippen molar-refractivity contribution in [2.24, 2.45) is 5.92 Å². The minimum atomic E-state index is -1.42. The summed E-state index contributed by atoms with van der Waals surface area (Å²) in [5, 5.41) is 50.4. The molecular weight excluding hydrogens is 640 g/mol. The lowest BCUT2D eigenvalue weighted by Gasteiger charge is -2.48. The first-order chi connectivity index (χ1) is 23.0. The van der Waals surface area contributed by atoms with Crippen molar-refractivity contribution in [2.45, 2.75) is 60.4 Å². The van der Waals surface area contributed by atoms with Crippen molar-refractivity contribution < 1.29 is 43.8 Å². The largest absolute Gasteiger partial charge is 0.394 e. The fourth-order valence-electron chi connectivity index (χ4n) is 6.00. The maximum atomic E-state index is 13.7. The van der Waals surface area contributed by atoms with Crippen molar-refractivity contribution in [2.75, 3.05) is 17.3 Å². The van der Waals surface area contributed by atoms with Crippen LogP contribution >= 0.6 is 11.8 Å². The summed E-state index contributed by atoms with van der Waals surface area (Å²) in [5.41, 5.74) is 3.24. The predicted molar refractivity (Wildman–Crippen MR) is 180 cm³/mol. The number of nitrogens with zero attached hydrogens (tertiary/aromatic N) is 1. The number of carbonyl (C=O) groups excluding carboxylic acids is 1. The maximum Gasteiger partial charge on any atom is 0.233 e. The Balaban J connectivity index is 1.22. The van der Waals surface area contributed by atoms with Crippen molar-refractivity contribution in [3.05, 3.63) is 126 Å². The number of aliphatic hydroxyl groups is 5. The molecule has 3 aromatic carbocycles. The predicted octanol–water partition coefficient (Wildman–Crippen LogP) is 4.57. The van der Waals surface area contributed by atoms with Crippen LogP contribution in [0.5, 0.6) is 0 Å². The molecule has 0 saturated carbocycles. The van der Waals surface area contributed by atoms with Crippen LogP contribution in [-0.2, 0) is 9.53 Å². The van der Waals surface area contributed by atoms with Crippen LogP contribution in [0.25, 0.3) is 5.57 Å². The number of allylic oxidation sites excluding steroid dienone is 2. The van der Waals surface area contributed by atoms with Gasteiger partial charge in [0.05, 0.1) is 30.8 Å². The van der Waals surface area contributed by atoms with E-state index < -0.39 is 66.8 Å². The van der Waals surface area contributed by atoms with Crippen LogP contribution in [-0.4, -0.2) is 80.4 Å². The SMILES string of the molecule is C=C(/C=C\C(=C)C1C(CCC(O)c2ccc(F)cc2)C(=O)N1c1ccc(F)cc1)c1ccc(SCC2OC(CO)C(O)C(O)C2O)cc1. The van der Waals surface area contributed by atoms with E-state index in [2.05, 4.69) is 13.2 Å². The second kappa shape index (κ2) is 15.7. The normalized spacial score (nSPS) is 26.4. The quantitative estimate of drug-likeness (QED) is 0.101. The summed E-state index contributed by atoms with van der Waals surface area (Å²) in [6, 6.07) is 18.3. The van der Waals surface area contributed by atoms with Crippen LogP contribution in [0.2, 0.25) is 0 Å². The van der Waals surface area contributed by atoms with Crippen molar-refractivity contribution in [1.82, 2.24) is 0 Å². The molecule has 0 aliphatic carbocycles. The Morgan fingerprint density at radius 3 is 2.10 bits per heavy atom. The number of benzene rings is 3. The molecule has 2 saturated heterocycles. The first-order valence-electron chi connectivity index (χ1n) is 15.6. The summed E-state index contributed by atoms with van der Waals surface area (Å²) in [4.78, 5) is 15.8. The van der Waals surface area contributed by atoms with E-state index in [4.69, 9.17) is 4.74 Å². The van der Waals surface area contributed by atoms with Crippen molar-refractivity contribution in [3.8, 4) is 0 Å². The summed E-state index contributed by atoms with van der Waals surface area (Å²) in [7, 11) is 0. The van der Waals surface area contributed by atoms with Gasteiger partial charge in [0.1, 0.15) is 36.1 Å². The Morgan fingerprint density at radius 2 is 1.48 bits per heavy atom. The average molecular weight is 680 g/mol. The number of β-lactam (4-membered cyclic amide) rings is 1. The molecule has 1 amide bonds. The fourth-order valence-corrected chi connectivity index (χ4v) is 6.96. The molecule has 0 aromatic heterocycles. The third kappa shape index (κ3) is 7.95. The molecule has 0 bridgehead atoms. The van der Waals surface area contributed by atoms with E-state index in [9.17, 15) is 39.1 Å². The molecule has 8 unspecified atom stereocenters. The summed E-state index contributed by atoms with van der Waals surface area (Å²) in [6.07, 6.45) is -2.49. The molecule has 2 heterocycles. The molecule has 3 aromatic rings. The number of carbonyl (C=O) groups is 1. The van der Waals surface area contributed by atoms with Crippen molar-refractivity contribution in [1.29, 1.82) is 0 Å². The Morgan fingerprint density at radius 1 is 0.875 bits per heavy atom. The van der Waals surface area contributed by atoms with Gasteiger partial charge in [-0.25, -0.2) is 8.78 Å². The number of aliphatic hydroxyl groups excluding tert-OH is 5. The van der Waals surface area contributed by atoms with Crippen LogP contribution in [0.4, 0.5) is 14.5 Å². The van der Waals surface area contributed by atoms with Gasteiger partial charge in [-0.05, 0) is 83.6 Å². The summed E-state index contributed by atoms with van der Waals surface area (Å²) >= 11 is 1.39. The minimum absolute atomic E-state index is 0.164. The molecule has 8 nitrogen and oxygen atoms in total. The highest BCUT2D eigenvalue weighted by Crippen LogP contribution is 2.40. The smallest absolute Gasteiger partial charge is 0.233 e. The number of amides is 1. The average Bonchev–Trinajstić information content (AvgIpc) is 3.09. The molecule has 5 N–H and O–H groups in total. The molecular formula is C37H39F2NO7S. The summed E-state index contributed by atoms with van der Waals surface area (Å²) in [6.45, 7) is 7.93. The van der Waals surface area contributed by atoms with Crippen LogP contribution in [0.3, 0.4) is 0 Å². The van der Waals surface area contributed by atoms with Gasteiger partial charge in [-0.15, -0.1) is 11.8 Å². The zero-order valence-electron chi connectivity index (χ0n) is 26.1. The Hall–Kier alpha value is -3.68. The molecule has 254 valence electrons. The van der Waals surface area contributed by atoms with Crippen LogP contribution in [0, 0.1) is 17.6 Å². The van der Waals surface area contributed by atoms with Gasteiger partial charge >= 0.3 is 0 Å². The van der Waals surface area contributed by atoms with Crippen LogP contribution in [0.1, 0.15) is 30.1 Å². The third-order valence-corrected chi connectivity index (χ3v) is 9.93. The van der Waals surface area contributed by atoms with Gasteiger partial charge in [0.15, 0.2) is 0 Å². The van der Waals surface area contributed by atoms with E-state index in [-0.39, 0.29) is 18.1 Å². The highest BCUT2D eigenvalue weighted by atomic mass is 32.2. The molecule has 2 aliphatic heterocycles. The molecule has 2 aliphatic rings. The lowest BCUT2D eigenvalue weighted by Crippen LogP contribution is -2.61. The first kappa shape index (κ1) is 35.6. The second-order valence-corrected chi connectivity index (χ2v) is 13.1. The van der Waals surface area contributed by atoms with Gasteiger partial charge < -0.3 is 35.2 Å². The molecule has 2 fully saturated rings. The van der Waals surface area contributed by atoms with Gasteiger partial charge in [0.25, 0.3) is 0 Å². The molecule has 8 atom stereocenters. The number of hydrogen-bond donors (Lipinski definition) is 5. The van der Waals surface area contributed by atoms with Crippen LogP contribution in [0.15, 0.2) is 109 Å². The Kier molecular flexibility index (Phi) is 11.6. The van der Waals surface area contributed by atoms with E-state index in [1.165, 1.54) is 60.3 Å². The lowest BCUT2D eigenvalue weighted by atomic mass is 9.78. The standard InChI is InChI=1S/C37H39F2NO7S/c1-21(23-7-15-28(16-8-23)48-20-32-35(44)36(45)34(43)31(19-41)47-32)3-4-22(2)33-29(17-18-30(42)24-5-9-25(38)10-6-24)37(46)40(33)27-13-11-26(39)12-14-27/h3-16,29-36,41-45H,1-2,17-20H2/b4-3-. The van der Waals surface area contributed by atoms with E-state index in [0.29, 0.717) is 28.8 Å². The van der Waals surface area contributed by atoms with E-state index in [0.717, 1.165) is 10.5 Å². The number of halogens is 2. The number of rotatable bonds is 13. The molecule has 48 heavy (non-hydrogen) atoms. The highest BCUT2D eigenvalue weighted by molar-refractivity contribution is 7.99. The Labute approximate surface area is 282 Å². The van der Waals surface area contributed by atoms with Gasteiger partial charge in [-0.2, -0.15) is 0 Å². The number of anilines is 1. The monoisotopic (exact) mass is 679 g/mol. The summed E-state index contributed by atoms with van der Waals surface area (Å²) in [5.74, 6) is -1.18. The van der Waals surface area contributed by atoms with E-state index >= 15 is 0 Å². The molecule has 0 radical (unpaired) electrons. The molecule has 11 heteroatoms. The number of ether oxygens (including phenoxy) is 1. The van der Waals surface area contributed by atoms with E-state index in [1.54, 1.807) is 17.1 Å². The van der Waals surface area contributed by atoms with Gasteiger partial charge in [-0.3, -0.25) is 4.79 Å². The van der Waals surface area contributed by atoms with Gasteiger partial charge in [-0.1, -0.05) is 49.6 Å². The zero-order valence-corrected chi connectivity index (χ0v) is 26.9. The van der Waals surface area contributed by atoms with Crippen molar-refractivity contribution >= 4 is 28.9 Å². The summed E-state index contributed by atoms with van der Waals surface area (Å²) < 4.78 is 32.6. The third-order valence-electron chi connectivity index (χ3n) is 8.83. The van der Waals surface area contributed by atoms with Gasteiger partial charge in [0, 0.05) is 16.3 Å². The Bertz CT molecular complexity index is 1610. The minimum Gasteiger partial charge on any atom is -0.394 e. The molecule has 5 rings (SSSR count). The first-order valence-corrected chi connectivity index (χ1v) is 16.6. The second-order valence-electron chi connectivity index (χ2n) is 12.0. The molecule has 0 spiro atoms. The zero-order chi connectivity index (χ0) is 34.5. The number of thioether (sulfide) groups is 1. The van der Waals surface area contributed by atoms with Crippen molar-refractivity contribution in [3.63, 3.8) is 0 Å². The number of hydrogen-bond acceptors (Lipinski definition) is 8. The van der Waals surface area contributed by atoms with Gasteiger partial charge in [0.2, 0.25) is 5.91 Å². The fraction of sp³-hybridized carbons (Fsp3) is 0.324. The topological polar surface area (TPSA) is 131 Å². The van der Waals surface area contributed by atoms with E-state index in [1.807, 2.05) is 24.3 Å². The maximum absolute atomic E-state index is 13.7.